The Morgan fingerprint density at radius 3 is 1.80 bits per heavy atom. The van der Waals surface area contributed by atoms with Crippen LogP contribution >= 0.6 is 0 Å². The largest absolute Gasteiger partial charge is 0.394 e. The third-order valence-electron chi connectivity index (χ3n) is 9.05. The van der Waals surface area contributed by atoms with Crippen LogP contribution in [0.25, 0.3) is 0 Å². The van der Waals surface area contributed by atoms with Crippen LogP contribution in [0.15, 0.2) is 36.5 Å². The minimum absolute atomic E-state index is 0.217. The molecule has 0 radical (unpaired) electrons. The maximum atomic E-state index is 12.9. The summed E-state index contributed by atoms with van der Waals surface area (Å²) in [6.45, 7) is 3.48. The Bertz CT molecular complexity index is 881. The molecule has 1 fully saturated rings. The van der Waals surface area contributed by atoms with Gasteiger partial charge in [0.05, 0.1) is 25.4 Å². The SMILES string of the molecule is CCCCCC/C=C\CCC(O)C(=O)NC(COC1OC(CO)C(O)C(O)C1O)C(O)/C=C/CC/C=C/CCCCCCCCCCCC. The van der Waals surface area contributed by atoms with E-state index in [1.54, 1.807) is 6.08 Å². The Kier molecular flexibility index (Phi) is 27.8. The molecule has 0 saturated carbocycles. The van der Waals surface area contributed by atoms with E-state index in [1.165, 1.54) is 83.5 Å². The molecule has 10 heteroatoms. The summed E-state index contributed by atoms with van der Waals surface area (Å²) in [6.07, 6.45) is 24.1. The van der Waals surface area contributed by atoms with Gasteiger partial charge in [-0.15, -0.1) is 0 Å². The Morgan fingerprint density at radius 1 is 0.694 bits per heavy atom. The van der Waals surface area contributed by atoms with Gasteiger partial charge in [0, 0.05) is 0 Å². The molecule has 1 saturated heterocycles. The number of hydrogen-bond donors (Lipinski definition) is 7. The molecule has 8 atom stereocenters. The first-order valence-corrected chi connectivity index (χ1v) is 19.3. The molecule has 1 heterocycles. The first-order valence-electron chi connectivity index (χ1n) is 19.3. The Labute approximate surface area is 296 Å². The fourth-order valence-electron chi connectivity index (χ4n) is 5.77. The summed E-state index contributed by atoms with van der Waals surface area (Å²) in [5.74, 6) is -0.666. The normalized spacial score (nSPS) is 23.5. The standard InChI is InChI=1S/C39H71NO9/c1-3-5-7-9-11-13-14-15-16-17-18-19-20-22-23-25-27-32(42)31(30-48-39-37(46)36(45)35(44)34(29-41)49-39)40-38(47)33(43)28-26-24-21-12-10-8-6-4-2/h19-21,24-25,27,31-37,39,41-46H,3-18,22-23,26,28-30H2,1-2H3,(H,40,47)/b20-19+,24-21-,27-25+. The fourth-order valence-corrected chi connectivity index (χ4v) is 5.77. The number of hydrogen-bond acceptors (Lipinski definition) is 9. The number of ether oxygens (including phenoxy) is 2. The first-order chi connectivity index (χ1) is 23.8. The molecule has 8 unspecified atom stereocenters. The van der Waals surface area contributed by atoms with Crippen LogP contribution in [0.5, 0.6) is 0 Å². The topological polar surface area (TPSA) is 169 Å². The van der Waals surface area contributed by atoms with Crippen molar-refractivity contribution in [3.05, 3.63) is 36.5 Å². The number of unbranched alkanes of at least 4 members (excludes halogenated alkanes) is 15. The van der Waals surface area contributed by atoms with Crippen molar-refractivity contribution >= 4 is 5.91 Å². The number of carbonyl (C=O) groups excluding carboxylic acids is 1. The zero-order chi connectivity index (χ0) is 36.1. The summed E-state index contributed by atoms with van der Waals surface area (Å²) in [4.78, 5) is 12.9. The molecule has 49 heavy (non-hydrogen) atoms. The second-order valence-electron chi connectivity index (χ2n) is 13.5. The van der Waals surface area contributed by atoms with E-state index >= 15 is 0 Å². The number of amides is 1. The van der Waals surface area contributed by atoms with Gasteiger partial charge in [-0.1, -0.05) is 127 Å². The lowest BCUT2D eigenvalue weighted by Gasteiger charge is -2.40. The van der Waals surface area contributed by atoms with Crippen LogP contribution < -0.4 is 5.32 Å². The Balaban J connectivity index is 2.56. The van der Waals surface area contributed by atoms with Crippen LogP contribution in [0.1, 0.15) is 142 Å². The van der Waals surface area contributed by atoms with E-state index in [9.17, 15) is 35.4 Å². The van der Waals surface area contributed by atoms with E-state index < -0.39 is 61.5 Å². The molecule has 1 rings (SSSR count). The highest BCUT2D eigenvalue weighted by atomic mass is 16.7. The molecular weight excluding hydrogens is 626 g/mol. The van der Waals surface area contributed by atoms with Crippen molar-refractivity contribution in [2.75, 3.05) is 13.2 Å². The van der Waals surface area contributed by atoms with Gasteiger partial charge in [-0.3, -0.25) is 4.79 Å². The number of carbonyl (C=O) groups is 1. The maximum Gasteiger partial charge on any atom is 0.249 e. The lowest BCUT2D eigenvalue weighted by atomic mass is 9.99. The van der Waals surface area contributed by atoms with Crippen molar-refractivity contribution in [1.82, 2.24) is 5.32 Å². The average molecular weight is 698 g/mol. The van der Waals surface area contributed by atoms with E-state index in [0.29, 0.717) is 12.8 Å². The van der Waals surface area contributed by atoms with E-state index in [1.807, 2.05) is 12.2 Å². The first kappa shape index (κ1) is 45.4. The van der Waals surface area contributed by atoms with E-state index in [-0.39, 0.29) is 13.0 Å². The molecule has 0 spiro atoms. The predicted molar refractivity (Wildman–Crippen MR) is 195 cm³/mol. The average Bonchev–Trinajstić information content (AvgIpc) is 3.10. The molecule has 1 amide bonds. The molecule has 1 aliphatic heterocycles. The van der Waals surface area contributed by atoms with Crippen molar-refractivity contribution in [3.63, 3.8) is 0 Å². The van der Waals surface area contributed by atoms with Crippen molar-refractivity contribution in [3.8, 4) is 0 Å². The van der Waals surface area contributed by atoms with Gasteiger partial charge < -0.3 is 45.4 Å². The summed E-state index contributed by atoms with van der Waals surface area (Å²) in [7, 11) is 0. The van der Waals surface area contributed by atoms with E-state index in [2.05, 4.69) is 37.4 Å². The maximum absolute atomic E-state index is 12.9. The minimum atomic E-state index is -1.62. The Morgan fingerprint density at radius 2 is 1.20 bits per heavy atom. The van der Waals surface area contributed by atoms with Crippen molar-refractivity contribution in [2.24, 2.45) is 0 Å². The third-order valence-corrected chi connectivity index (χ3v) is 9.05. The zero-order valence-electron chi connectivity index (χ0n) is 30.5. The third kappa shape index (κ3) is 21.4. The van der Waals surface area contributed by atoms with Gasteiger partial charge in [0.1, 0.15) is 30.5 Å². The van der Waals surface area contributed by atoms with Crippen molar-refractivity contribution in [1.29, 1.82) is 0 Å². The minimum Gasteiger partial charge on any atom is -0.394 e. The number of nitrogens with one attached hydrogen (secondary N) is 1. The Hall–Kier alpha value is -1.63. The summed E-state index contributed by atoms with van der Waals surface area (Å²) >= 11 is 0. The zero-order valence-corrected chi connectivity index (χ0v) is 30.5. The van der Waals surface area contributed by atoms with Crippen molar-refractivity contribution in [2.45, 2.75) is 191 Å². The molecule has 0 aromatic rings. The van der Waals surface area contributed by atoms with Crippen molar-refractivity contribution < 1.29 is 44.9 Å². The van der Waals surface area contributed by atoms with E-state index in [0.717, 1.165) is 25.7 Å². The highest BCUT2D eigenvalue weighted by Crippen LogP contribution is 2.22. The summed E-state index contributed by atoms with van der Waals surface area (Å²) < 4.78 is 11.0. The second-order valence-corrected chi connectivity index (χ2v) is 13.5. The smallest absolute Gasteiger partial charge is 0.249 e. The molecule has 286 valence electrons. The number of aliphatic hydroxyl groups excluding tert-OH is 6. The number of allylic oxidation sites excluding steroid dienone is 5. The van der Waals surface area contributed by atoms with Crippen LogP contribution in [-0.2, 0) is 14.3 Å². The van der Waals surface area contributed by atoms with Gasteiger partial charge in [0.2, 0.25) is 5.91 Å². The van der Waals surface area contributed by atoms with Gasteiger partial charge in [-0.05, 0) is 51.4 Å². The lowest BCUT2D eigenvalue weighted by Crippen LogP contribution is -2.60. The van der Waals surface area contributed by atoms with Gasteiger partial charge in [-0.2, -0.15) is 0 Å². The van der Waals surface area contributed by atoms with Crippen LogP contribution in [0.4, 0.5) is 0 Å². The molecule has 0 aromatic carbocycles. The summed E-state index contributed by atoms with van der Waals surface area (Å²) in [5, 5.41) is 64.1. The molecule has 7 N–H and O–H groups in total. The molecule has 1 aliphatic rings. The van der Waals surface area contributed by atoms with E-state index in [4.69, 9.17) is 9.47 Å². The van der Waals surface area contributed by atoms with Crippen LogP contribution in [0.3, 0.4) is 0 Å². The quantitative estimate of drug-likeness (QED) is 0.0378. The highest BCUT2D eigenvalue weighted by molar-refractivity contribution is 5.80. The van der Waals surface area contributed by atoms with Gasteiger partial charge in [0.15, 0.2) is 6.29 Å². The molecule has 0 bridgehead atoms. The van der Waals surface area contributed by atoms with Gasteiger partial charge in [-0.25, -0.2) is 0 Å². The molecule has 0 aromatic heterocycles. The highest BCUT2D eigenvalue weighted by Gasteiger charge is 2.44. The van der Waals surface area contributed by atoms with Crippen LogP contribution in [-0.4, -0.2) is 98.7 Å². The molecule has 10 nitrogen and oxygen atoms in total. The fraction of sp³-hybridized carbons (Fsp3) is 0.821. The van der Waals surface area contributed by atoms with Crippen LogP contribution in [0.2, 0.25) is 0 Å². The number of aliphatic hydroxyl groups is 6. The van der Waals surface area contributed by atoms with Gasteiger partial charge in [0.25, 0.3) is 0 Å². The lowest BCUT2D eigenvalue weighted by molar-refractivity contribution is -0.302. The monoisotopic (exact) mass is 698 g/mol. The molecular formula is C39H71NO9. The molecule has 0 aliphatic carbocycles. The summed E-state index contributed by atoms with van der Waals surface area (Å²) in [5.41, 5.74) is 0. The van der Waals surface area contributed by atoms with Crippen LogP contribution in [0, 0.1) is 0 Å². The predicted octanol–water partition coefficient (Wildman–Crippen LogP) is 5.52. The summed E-state index contributed by atoms with van der Waals surface area (Å²) in [6, 6.07) is -1.01. The number of rotatable bonds is 30. The second kappa shape index (κ2) is 30.0. The van der Waals surface area contributed by atoms with Gasteiger partial charge >= 0.3 is 0 Å².